The number of hydrogen-bond donors (Lipinski definition) is 3. The van der Waals surface area contributed by atoms with Gasteiger partial charge in [-0.05, 0) is 86.4 Å². The van der Waals surface area contributed by atoms with E-state index in [1.807, 2.05) is 19.9 Å². The lowest BCUT2D eigenvalue weighted by atomic mass is 9.89. The number of anilines is 2. The molecule has 2 aromatic rings. The highest BCUT2D eigenvalue weighted by molar-refractivity contribution is 7.92. The summed E-state index contributed by atoms with van der Waals surface area (Å²) in [5.74, 6) is -0.0357. The van der Waals surface area contributed by atoms with Crippen molar-refractivity contribution in [1.29, 1.82) is 0 Å². The number of aryl methyl sites for hydroxylation is 2. The molecular weight excluding hydrogens is 418 g/mol. The number of carbonyl (C=O) groups is 1. The quantitative estimate of drug-likeness (QED) is 0.590. The highest BCUT2D eigenvalue weighted by atomic mass is 32.2. The number of sulfonamides is 1. The third-order valence-corrected chi connectivity index (χ3v) is 7.00. The molecule has 0 bridgehead atoms. The Balaban J connectivity index is 1.60. The fourth-order valence-corrected chi connectivity index (χ4v) is 4.75. The lowest BCUT2D eigenvalue weighted by Crippen LogP contribution is -2.38. The molecule has 30 heavy (non-hydrogen) atoms. The van der Waals surface area contributed by atoms with Gasteiger partial charge in [0.15, 0.2) is 5.11 Å². The van der Waals surface area contributed by atoms with Gasteiger partial charge in [0, 0.05) is 17.3 Å². The van der Waals surface area contributed by atoms with Gasteiger partial charge in [-0.2, -0.15) is 0 Å². The van der Waals surface area contributed by atoms with E-state index in [1.165, 1.54) is 18.6 Å². The van der Waals surface area contributed by atoms with E-state index in [2.05, 4.69) is 15.4 Å². The summed E-state index contributed by atoms with van der Waals surface area (Å²) in [7, 11) is -3.70. The minimum Gasteiger partial charge on any atom is -0.332 e. The molecule has 1 amide bonds. The lowest BCUT2D eigenvalue weighted by molar-refractivity contribution is -0.124. The fourth-order valence-electron chi connectivity index (χ4n) is 3.48. The standard InChI is InChI=1S/C22H27N3O3S2/c1-15-8-9-19(14-16(15)2)25-30(27,28)20-12-10-18(11-13-20)23-22(29)24-21(26)17-6-4-3-5-7-17/h8-14,17,25H,3-7H2,1-2H3,(H2,23,24,26,29). The summed E-state index contributed by atoms with van der Waals surface area (Å²) in [6.07, 6.45) is 5.12. The SMILES string of the molecule is Cc1ccc(NS(=O)(=O)c2ccc(NC(=S)NC(=O)C3CCCCC3)cc2)cc1C. The van der Waals surface area contributed by atoms with Crippen molar-refractivity contribution in [2.75, 3.05) is 10.0 Å². The smallest absolute Gasteiger partial charge is 0.261 e. The first-order valence-electron chi connectivity index (χ1n) is 10.1. The molecule has 0 spiro atoms. The number of nitrogens with one attached hydrogen (secondary N) is 3. The Hall–Kier alpha value is -2.45. The maximum atomic E-state index is 12.6. The average molecular weight is 446 g/mol. The number of hydrogen-bond acceptors (Lipinski definition) is 4. The van der Waals surface area contributed by atoms with Crippen molar-refractivity contribution < 1.29 is 13.2 Å². The van der Waals surface area contributed by atoms with E-state index in [4.69, 9.17) is 12.2 Å². The largest absolute Gasteiger partial charge is 0.332 e. The van der Waals surface area contributed by atoms with E-state index >= 15 is 0 Å². The van der Waals surface area contributed by atoms with Gasteiger partial charge in [0.1, 0.15) is 0 Å². The van der Waals surface area contributed by atoms with Gasteiger partial charge in [-0.25, -0.2) is 8.42 Å². The highest BCUT2D eigenvalue weighted by Crippen LogP contribution is 2.24. The zero-order valence-corrected chi connectivity index (χ0v) is 18.8. The van der Waals surface area contributed by atoms with Crippen LogP contribution in [-0.2, 0) is 14.8 Å². The molecule has 8 heteroatoms. The summed E-state index contributed by atoms with van der Waals surface area (Å²) in [4.78, 5) is 12.4. The average Bonchev–Trinajstić information content (AvgIpc) is 2.71. The van der Waals surface area contributed by atoms with Crippen molar-refractivity contribution in [2.45, 2.75) is 50.8 Å². The molecule has 1 aliphatic carbocycles. The summed E-state index contributed by atoms with van der Waals surface area (Å²) in [6.45, 7) is 3.91. The number of thiocarbonyl (C=S) groups is 1. The van der Waals surface area contributed by atoms with Gasteiger partial charge in [0.2, 0.25) is 5.91 Å². The molecule has 0 unspecified atom stereocenters. The predicted octanol–water partition coefficient (Wildman–Crippen LogP) is 4.50. The van der Waals surface area contributed by atoms with Crippen molar-refractivity contribution >= 4 is 44.6 Å². The third-order valence-electron chi connectivity index (χ3n) is 5.39. The van der Waals surface area contributed by atoms with Crippen LogP contribution in [-0.4, -0.2) is 19.4 Å². The zero-order chi connectivity index (χ0) is 21.7. The molecule has 0 atom stereocenters. The second-order valence-electron chi connectivity index (χ2n) is 7.71. The number of benzene rings is 2. The monoisotopic (exact) mass is 445 g/mol. The van der Waals surface area contributed by atoms with E-state index in [1.54, 1.807) is 24.3 Å². The van der Waals surface area contributed by atoms with Crippen LogP contribution in [0.2, 0.25) is 0 Å². The summed E-state index contributed by atoms with van der Waals surface area (Å²) in [5.41, 5.74) is 3.24. The molecule has 0 heterocycles. The molecule has 1 aliphatic rings. The van der Waals surface area contributed by atoms with Gasteiger partial charge in [-0.1, -0.05) is 25.3 Å². The molecule has 1 fully saturated rings. The number of carbonyl (C=O) groups excluding carboxylic acids is 1. The highest BCUT2D eigenvalue weighted by Gasteiger charge is 2.21. The Labute approximate surface area is 183 Å². The van der Waals surface area contributed by atoms with Crippen LogP contribution in [0.5, 0.6) is 0 Å². The minimum atomic E-state index is -3.70. The van der Waals surface area contributed by atoms with Crippen LogP contribution in [0.1, 0.15) is 43.2 Å². The van der Waals surface area contributed by atoms with E-state index in [0.29, 0.717) is 11.4 Å². The van der Waals surface area contributed by atoms with E-state index in [9.17, 15) is 13.2 Å². The lowest BCUT2D eigenvalue weighted by Gasteiger charge is -2.21. The summed E-state index contributed by atoms with van der Waals surface area (Å²) in [5, 5.41) is 5.89. The van der Waals surface area contributed by atoms with Crippen LogP contribution in [0.15, 0.2) is 47.4 Å². The predicted molar refractivity (Wildman–Crippen MR) is 124 cm³/mol. The van der Waals surface area contributed by atoms with Crippen molar-refractivity contribution in [1.82, 2.24) is 5.32 Å². The molecule has 160 valence electrons. The molecule has 6 nitrogen and oxygen atoms in total. The number of rotatable bonds is 5. The van der Waals surface area contributed by atoms with Gasteiger partial charge in [-0.15, -0.1) is 0 Å². The second kappa shape index (κ2) is 9.57. The first-order chi connectivity index (χ1) is 14.2. The molecule has 3 rings (SSSR count). The summed E-state index contributed by atoms with van der Waals surface area (Å²) in [6, 6.07) is 11.7. The summed E-state index contributed by atoms with van der Waals surface area (Å²) < 4.78 is 27.9. The van der Waals surface area contributed by atoms with Crippen molar-refractivity contribution in [3.8, 4) is 0 Å². The number of amides is 1. The molecule has 2 aromatic carbocycles. The van der Waals surface area contributed by atoms with Crippen LogP contribution in [0, 0.1) is 19.8 Å². The molecule has 0 aromatic heterocycles. The molecule has 1 saturated carbocycles. The maximum absolute atomic E-state index is 12.6. The normalized spacial score (nSPS) is 14.7. The summed E-state index contributed by atoms with van der Waals surface area (Å²) >= 11 is 5.22. The van der Waals surface area contributed by atoms with E-state index in [0.717, 1.165) is 36.8 Å². The van der Waals surface area contributed by atoms with Crippen LogP contribution in [0.25, 0.3) is 0 Å². The van der Waals surface area contributed by atoms with Gasteiger partial charge in [0.25, 0.3) is 10.0 Å². The van der Waals surface area contributed by atoms with E-state index < -0.39 is 10.0 Å². The topological polar surface area (TPSA) is 87.3 Å². The Kier molecular flexibility index (Phi) is 7.10. The van der Waals surface area contributed by atoms with Gasteiger partial charge in [0.05, 0.1) is 4.90 Å². The molecular formula is C22H27N3O3S2. The molecule has 3 N–H and O–H groups in total. The van der Waals surface area contributed by atoms with E-state index in [-0.39, 0.29) is 21.8 Å². The zero-order valence-electron chi connectivity index (χ0n) is 17.2. The fraction of sp³-hybridized carbons (Fsp3) is 0.364. The van der Waals surface area contributed by atoms with Crippen LogP contribution < -0.4 is 15.4 Å². The van der Waals surface area contributed by atoms with Crippen LogP contribution in [0.3, 0.4) is 0 Å². The van der Waals surface area contributed by atoms with Crippen molar-refractivity contribution in [2.24, 2.45) is 5.92 Å². The molecule has 0 saturated heterocycles. The molecule has 0 aliphatic heterocycles. The van der Waals surface area contributed by atoms with Crippen molar-refractivity contribution in [3.63, 3.8) is 0 Å². The van der Waals surface area contributed by atoms with Gasteiger partial charge < -0.3 is 10.6 Å². The van der Waals surface area contributed by atoms with Gasteiger partial charge >= 0.3 is 0 Å². The second-order valence-corrected chi connectivity index (χ2v) is 9.80. The minimum absolute atomic E-state index is 0.0162. The van der Waals surface area contributed by atoms with Crippen LogP contribution >= 0.6 is 12.2 Å². The first-order valence-corrected chi connectivity index (χ1v) is 12.0. The first kappa shape index (κ1) is 22.2. The maximum Gasteiger partial charge on any atom is 0.261 e. The Bertz CT molecular complexity index is 1030. The van der Waals surface area contributed by atoms with Crippen molar-refractivity contribution in [3.05, 3.63) is 53.6 Å². The van der Waals surface area contributed by atoms with Crippen LogP contribution in [0.4, 0.5) is 11.4 Å². The molecule has 0 radical (unpaired) electrons. The Morgan fingerprint density at radius 1 is 0.933 bits per heavy atom. The third kappa shape index (κ3) is 5.79. The van der Waals surface area contributed by atoms with Gasteiger partial charge in [-0.3, -0.25) is 9.52 Å². The Morgan fingerprint density at radius 3 is 2.20 bits per heavy atom. The Morgan fingerprint density at radius 2 is 1.57 bits per heavy atom.